The van der Waals surface area contributed by atoms with Crippen LogP contribution in [0, 0.1) is 5.92 Å². The summed E-state index contributed by atoms with van der Waals surface area (Å²) in [5.74, 6) is 1.03. The SMILES string of the molecule is CN1CCN(c2ncc(NC(=O)C3CCCCC3)cn2)CC1. The number of anilines is 2. The van der Waals surface area contributed by atoms with E-state index in [1.165, 1.54) is 6.42 Å². The van der Waals surface area contributed by atoms with E-state index in [0.717, 1.165) is 57.8 Å². The summed E-state index contributed by atoms with van der Waals surface area (Å²) in [7, 11) is 2.13. The van der Waals surface area contributed by atoms with Gasteiger partial charge in [0.05, 0.1) is 18.1 Å². The van der Waals surface area contributed by atoms with Gasteiger partial charge in [0.25, 0.3) is 0 Å². The number of rotatable bonds is 3. The second kappa shape index (κ2) is 7.05. The third-order valence-electron chi connectivity index (χ3n) is 4.67. The van der Waals surface area contributed by atoms with Gasteiger partial charge in [-0.05, 0) is 19.9 Å². The molecule has 2 fully saturated rings. The van der Waals surface area contributed by atoms with Crippen molar-refractivity contribution in [3.05, 3.63) is 12.4 Å². The molecular formula is C16H25N5O. The van der Waals surface area contributed by atoms with Gasteiger partial charge in [-0.25, -0.2) is 9.97 Å². The second-order valence-electron chi connectivity index (χ2n) is 6.39. The molecule has 1 saturated carbocycles. The molecule has 0 unspecified atom stereocenters. The predicted molar refractivity (Wildman–Crippen MR) is 86.9 cm³/mol. The number of hydrogen-bond donors (Lipinski definition) is 1. The summed E-state index contributed by atoms with van der Waals surface area (Å²) in [6.45, 7) is 3.96. The van der Waals surface area contributed by atoms with Gasteiger partial charge in [0.1, 0.15) is 0 Å². The van der Waals surface area contributed by atoms with E-state index in [4.69, 9.17) is 0 Å². The summed E-state index contributed by atoms with van der Waals surface area (Å²) in [6.07, 6.45) is 9.04. The number of carbonyl (C=O) groups excluding carboxylic acids is 1. The minimum atomic E-state index is 0.121. The fourth-order valence-corrected chi connectivity index (χ4v) is 3.16. The fourth-order valence-electron chi connectivity index (χ4n) is 3.16. The van der Waals surface area contributed by atoms with Gasteiger partial charge in [0.15, 0.2) is 0 Å². The molecule has 0 radical (unpaired) electrons. The second-order valence-corrected chi connectivity index (χ2v) is 6.39. The van der Waals surface area contributed by atoms with E-state index in [-0.39, 0.29) is 11.8 Å². The Bertz CT molecular complexity index is 490. The Balaban J connectivity index is 1.56. The molecule has 2 heterocycles. The number of carbonyl (C=O) groups is 1. The number of aromatic nitrogens is 2. The van der Waals surface area contributed by atoms with Crippen LogP contribution in [0.2, 0.25) is 0 Å². The van der Waals surface area contributed by atoms with Crippen LogP contribution in [0.25, 0.3) is 0 Å². The van der Waals surface area contributed by atoms with Crippen molar-refractivity contribution in [2.24, 2.45) is 5.92 Å². The summed E-state index contributed by atoms with van der Waals surface area (Å²) in [6, 6.07) is 0. The van der Waals surface area contributed by atoms with Crippen LogP contribution in [-0.4, -0.2) is 54.0 Å². The van der Waals surface area contributed by atoms with E-state index in [1.807, 2.05) is 0 Å². The molecule has 1 aromatic rings. The van der Waals surface area contributed by atoms with Gasteiger partial charge in [0, 0.05) is 32.1 Å². The molecule has 3 rings (SSSR count). The Morgan fingerprint density at radius 1 is 1.09 bits per heavy atom. The molecule has 6 nitrogen and oxygen atoms in total. The molecule has 0 spiro atoms. The minimum Gasteiger partial charge on any atom is -0.338 e. The average molecular weight is 303 g/mol. The molecule has 1 aliphatic carbocycles. The lowest BCUT2D eigenvalue weighted by molar-refractivity contribution is -0.120. The van der Waals surface area contributed by atoms with E-state index in [2.05, 4.69) is 32.1 Å². The number of nitrogens with one attached hydrogen (secondary N) is 1. The first-order valence-electron chi connectivity index (χ1n) is 8.29. The van der Waals surface area contributed by atoms with E-state index in [1.54, 1.807) is 12.4 Å². The first kappa shape index (κ1) is 15.2. The summed E-state index contributed by atoms with van der Waals surface area (Å²) >= 11 is 0. The van der Waals surface area contributed by atoms with Crippen LogP contribution in [0.3, 0.4) is 0 Å². The lowest BCUT2D eigenvalue weighted by atomic mass is 9.89. The molecule has 1 saturated heterocycles. The highest BCUT2D eigenvalue weighted by Gasteiger charge is 2.21. The first-order chi connectivity index (χ1) is 10.7. The number of amides is 1. The Morgan fingerprint density at radius 3 is 2.36 bits per heavy atom. The van der Waals surface area contributed by atoms with E-state index in [0.29, 0.717) is 5.69 Å². The molecular weight excluding hydrogens is 278 g/mol. The Labute approximate surface area is 131 Å². The van der Waals surface area contributed by atoms with Crippen molar-refractivity contribution in [1.82, 2.24) is 14.9 Å². The maximum atomic E-state index is 12.2. The third kappa shape index (κ3) is 3.74. The van der Waals surface area contributed by atoms with Crippen molar-refractivity contribution in [2.45, 2.75) is 32.1 Å². The van der Waals surface area contributed by atoms with Crippen LogP contribution in [0.4, 0.5) is 11.6 Å². The van der Waals surface area contributed by atoms with Crippen LogP contribution in [0.5, 0.6) is 0 Å². The molecule has 2 aliphatic rings. The topological polar surface area (TPSA) is 61.4 Å². The molecule has 1 N–H and O–H groups in total. The van der Waals surface area contributed by atoms with Gasteiger partial charge >= 0.3 is 0 Å². The number of nitrogens with zero attached hydrogens (tertiary/aromatic N) is 4. The average Bonchev–Trinajstić information content (AvgIpc) is 2.57. The zero-order chi connectivity index (χ0) is 15.4. The minimum absolute atomic E-state index is 0.121. The number of piperazine rings is 1. The lowest BCUT2D eigenvalue weighted by Gasteiger charge is -2.32. The highest BCUT2D eigenvalue weighted by molar-refractivity contribution is 5.92. The van der Waals surface area contributed by atoms with Crippen LogP contribution >= 0.6 is 0 Å². The highest BCUT2D eigenvalue weighted by Crippen LogP contribution is 2.24. The van der Waals surface area contributed by atoms with Crippen molar-refractivity contribution < 1.29 is 4.79 Å². The standard InChI is InChI=1S/C16H25N5O/c1-20-7-9-21(10-8-20)16-17-11-14(12-18-16)19-15(22)13-5-3-2-4-6-13/h11-13H,2-10H2,1H3,(H,19,22). The van der Waals surface area contributed by atoms with Crippen molar-refractivity contribution >= 4 is 17.5 Å². The molecule has 0 bridgehead atoms. The number of likely N-dealkylation sites (N-methyl/N-ethyl adjacent to an activating group) is 1. The van der Waals surface area contributed by atoms with Gasteiger partial charge in [-0.3, -0.25) is 4.79 Å². The summed E-state index contributed by atoms with van der Waals surface area (Å²) < 4.78 is 0. The third-order valence-corrected chi connectivity index (χ3v) is 4.67. The highest BCUT2D eigenvalue weighted by atomic mass is 16.1. The molecule has 1 amide bonds. The summed E-state index contributed by atoms with van der Waals surface area (Å²) in [5, 5.41) is 2.96. The lowest BCUT2D eigenvalue weighted by Crippen LogP contribution is -2.45. The van der Waals surface area contributed by atoms with Gasteiger partial charge in [-0.15, -0.1) is 0 Å². The van der Waals surface area contributed by atoms with Gasteiger partial charge in [-0.1, -0.05) is 19.3 Å². The van der Waals surface area contributed by atoms with Gasteiger partial charge in [-0.2, -0.15) is 0 Å². The monoisotopic (exact) mass is 303 g/mol. The Kier molecular flexibility index (Phi) is 4.87. The normalized spacial score (nSPS) is 20.9. The smallest absolute Gasteiger partial charge is 0.227 e. The zero-order valence-electron chi connectivity index (χ0n) is 13.3. The molecule has 1 aromatic heterocycles. The quantitative estimate of drug-likeness (QED) is 0.922. The fraction of sp³-hybridized carbons (Fsp3) is 0.688. The van der Waals surface area contributed by atoms with Crippen molar-refractivity contribution in [2.75, 3.05) is 43.4 Å². The van der Waals surface area contributed by atoms with Gasteiger partial charge < -0.3 is 15.1 Å². The largest absolute Gasteiger partial charge is 0.338 e. The molecule has 120 valence electrons. The molecule has 6 heteroatoms. The maximum absolute atomic E-state index is 12.2. The molecule has 0 atom stereocenters. The van der Waals surface area contributed by atoms with Crippen molar-refractivity contribution in [1.29, 1.82) is 0 Å². The maximum Gasteiger partial charge on any atom is 0.227 e. The first-order valence-corrected chi connectivity index (χ1v) is 8.29. The van der Waals surface area contributed by atoms with Crippen molar-refractivity contribution in [3.8, 4) is 0 Å². The summed E-state index contributed by atoms with van der Waals surface area (Å²) in [4.78, 5) is 25.5. The van der Waals surface area contributed by atoms with E-state index in [9.17, 15) is 4.79 Å². The van der Waals surface area contributed by atoms with E-state index < -0.39 is 0 Å². The summed E-state index contributed by atoms with van der Waals surface area (Å²) in [5.41, 5.74) is 0.702. The van der Waals surface area contributed by atoms with Crippen LogP contribution < -0.4 is 10.2 Å². The number of hydrogen-bond acceptors (Lipinski definition) is 5. The zero-order valence-corrected chi connectivity index (χ0v) is 13.3. The Morgan fingerprint density at radius 2 is 1.73 bits per heavy atom. The van der Waals surface area contributed by atoms with Crippen LogP contribution in [-0.2, 0) is 4.79 Å². The van der Waals surface area contributed by atoms with Crippen molar-refractivity contribution in [3.63, 3.8) is 0 Å². The molecule has 0 aromatic carbocycles. The van der Waals surface area contributed by atoms with E-state index >= 15 is 0 Å². The predicted octanol–water partition coefficient (Wildman–Crippen LogP) is 1.75. The molecule has 1 aliphatic heterocycles. The van der Waals surface area contributed by atoms with Crippen LogP contribution in [0.15, 0.2) is 12.4 Å². The Hall–Kier alpha value is -1.69. The van der Waals surface area contributed by atoms with Crippen LogP contribution in [0.1, 0.15) is 32.1 Å². The van der Waals surface area contributed by atoms with Gasteiger partial charge in [0.2, 0.25) is 11.9 Å². The molecule has 22 heavy (non-hydrogen) atoms.